The summed E-state index contributed by atoms with van der Waals surface area (Å²) in [6.07, 6.45) is 4.50. The molecule has 2 atom stereocenters. The molecular weight excluding hydrogens is 404 g/mol. The first-order valence-electron chi connectivity index (χ1n) is 10.6. The molecule has 166 valence electrons. The van der Waals surface area contributed by atoms with Crippen molar-refractivity contribution in [3.8, 4) is 0 Å². The molecule has 1 amide bonds. The van der Waals surface area contributed by atoms with E-state index in [0.29, 0.717) is 16.9 Å². The van der Waals surface area contributed by atoms with Gasteiger partial charge in [-0.1, -0.05) is 24.3 Å². The fourth-order valence-corrected chi connectivity index (χ4v) is 4.36. The largest absolute Gasteiger partial charge is 0.496 e. The lowest BCUT2D eigenvalue weighted by Gasteiger charge is -2.25. The molecule has 1 aliphatic heterocycles. The van der Waals surface area contributed by atoms with Crippen molar-refractivity contribution in [2.75, 3.05) is 13.7 Å². The summed E-state index contributed by atoms with van der Waals surface area (Å²) < 4.78 is 7.57. The number of aliphatic hydroxyl groups is 1. The summed E-state index contributed by atoms with van der Waals surface area (Å²) in [5.74, 6) is 0.357. The number of nitrogens with zero attached hydrogens (tertiary/aromatic N) is 2. The van der Waals surface area contributed by atoms with Crippen LogP contribution in [0.5, 0.6) is 0 Å². The number of carbonyl (C=O) groups is 1. The lowest BCUT2D eigenvalue weighted by Crippen LogP contribution is -2.39. The van der Waals surface area contributed by atoms with E-state index in [9.17, 15) is 9.90 Å². The van der Waals surface area contributed by atoms with E-state index < -0.39 is 6.23 Å². The van der Waals surface area contributed by atoms with E-state index >= 15 is 0 Å². The minimum Gasteiger partial charge on any atom is -0.496 e. The molecule has 0 saturated heterocycles. The van der Waals surface area contributed by atoms with E-state index in [1.807, 2.05) is 56.4 Å². The second-order valence-electron chi connectivity index (χ2n) is 7.96. The highest BCUT2D eigenvalue weighted by atomic mass is 16.5. The summed E-state index contributed by atoms with van der Waals surface area (Å²) in [4.78, 5) is 17.6. The smallest absolute Gasteiger partial charge is 0.253 e. The second kappa shape index (κ2) is 8.88. The van der Waals surface area contributed by atoms with Crippen LogP contribution in [-0.2, 0) is 4.74 Å². The minimum absolute atomic E-state index is 0.00966. The third-order valence-electron chi connectivity index (χ3n) is 5.96. The Balaban J connectivity index is 1.69. The van der Waals surface area contributed by atoms with Crippen LogP contribution in [-0.4, -0.2) is 40.4 Å². The van der Waals surface area contributed by atoms with Crippen molar-refractivity contribution < 1.29 is 14.6 Å². The first-order chi connectivity index (χ1) is 15.4. The Morgan fingerprint density at radius 3 is 2.78 bits per heavy atom. The number of nitrogens with one attached hydrogen (secondary N) is 2. The Morgan fingerprint density at radius 2 is 2.06 bits per heavy atom. The van der Waals surface area contributed by atoms with E-state index in [2.05, 4.69) is 27.1 Å². The average molecular weight is 433 g/mol. The molecule has 3 heterocycles. The summed E-state index contributed by atoms with van der Waals surface area (Å²) >= 11 is 0. The van der Waals surface area contributed by atoms with Crippen molar-refractivity contribution in [2.45, 2.75) is 33.0 Å². The van der Waals surface area contributed by atoms with Crippen LogP contribution in [0, 0.1) is 6.92 Å². The molecule has 32 heavy (non-hydrogen) atoms. The van der Waals surface area contributed by atoms with Gasteiger partial charge in [0.2, 0.25) is 0 Å². The molecule has 1 aromatic carbocycles. The van der Waals surface area contributed by atoms with E-state index in [1.54, 1.807) is 19.4 Å². The molecule has 0 aliphatic carbocycles. The maximum atomic E-state index is 13.3. The zero-order valence-corrected chi connectivity index (χ0v) is 18.7. The number of para-hydroxylation sites is 1. The van der Waals surface area contributed by atoms with Gasteiger partial charge in [-0.25, -0.2) is 0 Å². The molecule has 0 radical (unpaired) electrons. The van der Waals surface area contributed by atoms with E-state index in [0.717, 1.165) is 27.9 Å². The molecule has 2 unspecified atom stereocenters. The number of ether oxygens (including phenoxy) is 1. The number of amides is 1. The number of pyridine rings is 1. The summed E-state index contributed by atoms with van der Waals surface area (Å²) in [6, 6.07) is 11.9. The summed E-state index contributed by atoms with van der Waals surface area (Å²) in [6.45, 7) is 6.08. The maximum Gasteiger partial charge on any atom is 0.253 e. The number of allylic oxidation sites excluding steroid dienone is 2. The van der Waals surface area contributed by atoms with Crippen molar-refractivity contribution in [3.05, 3.63) is 88.7 Å². The maximum absolute atomic E-state index is 13.3. The molecule has 2 aromatic heterocycles. The Kier molecular flexibility index (Phi) is 6.01. The molecule has 7 nitrogen and oxygen atoms in total. The number of rotatable bonds is 6. The fraction of sp³-hybridized carbons (Fsp3) is 0.280. The first kappa shape index (κ1) is 21.6. The molecule has 0 bridgehead atoms. The number of fused-ring (bicyclic) bond motifs is 1. The van der Waals surface area contributed by atoms with Crippen molar-refractivity contribution in [2.24, 2.45) is 0 Å². The van der Waals surface area contributed by atoms with Crippen molar-refractivity contribution >= 4 is 16.8 Å². The van der Waals surface area contributed by atoms with Crippen LogP contribution in [0.2, 0.25) is 0 Å². The Labute approximate surface area is 187 Å². The molecule has 1 aliphatic rings. The van der Waals surface area contributed by atoms with Gasteiger partial charge in [-0.15, -0.1) is 0 Å². The minimum atomic E-state index is -0.914. The van der Waals surface area contributed by atoms with Crippen LogP contribution >= 0.6 is 0 Å². The number of benzene rings is 1. The molecule has 4 rings (SSSR count). The van der Waals surface area contributed by atoms with Gasteiger partial charge < -0.3 is 25.0 Å². The third kappa shape index (κ3) is 3.87. The fourth-order valence-electron chi connectivity index (χ4n) is 4.36. The van der Waals surface area contributed by atoms with Crippen molar-refractivity contribution in [1.29, 1.82) is 0 Å². The van der Waals surface area contributed by atoms with E-state index in [1.165, 1.54) is 0 Å². The van der Waals surface area contributed by atoms with Crippen molar-refractivity contribution in [3.63, 3.8) is 0 Å². The molecule has 3 aromatic rings. The number of aliphatic hydroxyl groups excluding tert-OH is 1. The van der Waals surface area contributed by atoms with Gasteiger partial charge in [0.25, 0.3) is 5.91 Å². The van der Waals surface area contributed by atoms with E-state index in [4.69, 9.17) is 4.74 Å². The molecule has 7 heteroatoms. The molecule has 0 spiro atoms. The van der Waals surface area contributed by atoms with Crippen LogP contribution in [0.25, 0.3) is 10.9 Å². The molecule has 3 N–H and O–H groups in total. The molecule has 0 fully saturated rings. The lowest BCUT2D eigenvalue weighted by atomic mass is 10.1. The Bertz CT molecular complexity index is 1210. The van der Waals surface area contributed by atoms with E-state index in [-0.39, 0.29) is 18.5 Å². The number of hydrogen-bond acceptors (Lipinski definition) is 5. The number of hydrogen-bond donors (Lipinski definition) is 3. The van der Waals surface area contributed by atoms with Gasteiger partial charge in [0.1, 0.15) is 5.76 Å². The zero-order chi connectivity index (χ0) is 22.8. The van der Waals surface area contributed by atoms with Crippen molar-refractivity contribution in [1.82, 2.24) is 20.2 Å². The summed E-state index contributed by atoms with van der Waals surface area (Å²) in [5.41, 5.74) is 4.93. The standard InChI is InChI=1S/C25H28N4O3/c1-15-12-22(32-4)20(24(30)28-15)14-27-25(31)23-17(3)29(21-10-6-5-9-19(21)23)16(2)18-8-7-11-26-13-18/h5-13,16,24,28,30H,14H2,1-4H3,(H,27,31). The van der Waals surface area contributed by atoms with Gasteiger partial charge in [-0.3, -0.25) is 9.78 Å². The van der Waals surface area contributed by atoms with Crippen LogP contribution < -0.4 is 10.6 Å². The van der Waals surface area contributed by atoms with Crippen LogP contribution in [0.3, 0.4) is 0 Å². The van der Waals surface area contributed by atoms with Gasteiger partial charge in [0.05, 0.1) is 18.7 Å². The monoisotopic (exact) mass is 432 g/mol. The van der Waals surface area contributed by atoms with Gasteiger partial charge in [0, 0.05) is 46.8 Å². The second-order valence-corrected chi connectivity index (χ2v) is 7.96. The lowest BCUT2D eigenvalue weighted by molar-refractivity contribution is 0.0952. The molecular formula is C25H28N4O3. The summed E-state index contributed by atoms with van der Waals surface area (Å²) in [5, 5.41) is 17.2. The van der Waals surface area contributed by atoms with Gasteiger partial charge in [-0.2, -0.15) is 0 Å². The van der Waals surface area contributed by atoms with Gasteiger partial charge in [0.15, 0.2) is 6.23 Å². The number of dihydropyridines is 1. The number of methoxy groups -OCH3 is 1. The third-order valence-corrected chi connectivity index (χ3v) is 5.96. The highest BCUT2D eigenvalue weighted by Gasteiger charge is 2.25. The molecule has 0 saturated carbocycles. The first-order valence-corrected chi connectivity index (χ1v) is 10.6. The zero-order valence-electron chi connectivity index (χ0n) is 18.7. The summed E-state index contributed by atoms with van der Waals surface area (Å²) in [7, 11) is 1.55. The topological polar surface area (TPSA) is 88.4 Å². The number of carbonyl (C=O) groups excluding carboxylic acids is 1. The Hall–Kier alpha value is -3.58. The quantitative estimate of drug-likeness (QED) is 0.556. The Morgan fingerprint density at radius 1 is 1.28 bits per heavy atom. The predicted molar refractivity (Wildman–Crippen MR) is 124 cm³/mol. The van der Waals surface area contributed by atoms with Gasteiger partial charge >= 0.3 is 0 Å². The average Bonchev–Trinajstić information content (AvgIpc) is 3.09. The van der Waals surface area contributed by atoms with Gasteiger partial charge in [-0.05, 0) is 44.5 Å². The number of aromatic nitrogens is 2. The SMILES string of the molecule is COC1=C(CNC(=O)c2c(C)n(C(C)c3cccnc3)c3ccccc23)C(O)NC(C)=C1. The normalized spacial score (nSPS) is 17.0. The van der Waals surface area contributed by atoms with Crippen LogP contribution in [0.15, 0.2) is 71.9 Å². The van der Waals surface area contributed by atoms with Crippen LogP contribution in [0.1, 0.15) is 41.5 Å². The highest BCUT2D eigenvalue weighted by Crippen LogP contribution is 2.31. The highest BCUT2D eigenvalue weighted by molar-refractivity contribution is 6.08. The van der Waals surface area contributed by atoms with Crippen LogP contribution in [0.4, 0.5) is 0 Å². The predicted octanol–water partition coefficient (Wildman–Crippen LogP) is 3.41.